The standard InChI is InChI=1S/C19H30N6/c1-15(2)25-18(6-8-23-25)14-24-9-4-5-16(7-10-24)11-17-12-22-19(20-3)13-21-17/h6,8,12-13,15-16H,4-5,7,9-11,14H2,1-3H3,(H,20,22)/t16-/m0/s1. The molecule has 0 aromatic carbocycles. The molecule has 0 spiro atoms. The molecular weight excluding hydrogens is 312 g/mol. The van der Waals surface area contributed by atoms with Gasteiger partial charge in [0, 0.05) is 25.8 Å². The third kappa shape index (κ3) is 4.78. The highest BCUT2D eigenvalue weighted by Crippen LogP contribution is 2.22. The Kier molecular flexibility index (Phi) is 6.02. The van der Waals surface area contributed by atoms with Crippen LogP contribution >= 0.6 is 0 Å². The van der Waals surface area contributed by atoms with Gasteiger partial charge in [0.1, 0.15) is 5.82 Å². The van der Waals surface area contributed by atoms with E-state index < -0.39 is 0 Å². The highest BCUT2D eigenvalue weighted by atomic mass is 15.3. The fourth-order valence-corrected chi connectivity index (χ4v) is 3.63. The van der Waals surface area contributed by atoms with Crippen molar-refractivity contribution >= 4 is 5.82 Å². The minimum absolute atomic E-state index is 0.420. The number of nitrogens with zero attached hydrogens (tertiary/aromatic N) is 5. The Hall–Kier alpha value is -1.95. The summed E-state index contributed by atoms with van der Waals surface area (Å²) >= 11 is 0. The highest BCUT2D eigenvalue weighted by Gasteiger charge is 2.19. The average molecular weight is 342 g/mol. The quantitative estimate of drug-likeness (QED) is 0.874. The minimum atomic E-state index is 0.420. The third-order valence-electron chi connectivity index (χ3n) is 5.03. The van der Waals surface area contributed by atoms with Crippen LogP contribution in [0.25, 0.3) is 0 Å². The molecule has 1 atom stereocenters. The molecule has 0 bridgehead atoms. The Labute approximate surface area is 150 Å². The summed E-state index contributed by atoms with van der Waals surface area (Å²) in [7, 11) is 1.87. The van der Waals surface area contributed by atoms with E-state index in [9.17, 15) is 0 Å². The predicted octanol–water partition coefficient (Wildman–Crippen LogP) is 3.14. The van der Waals surface area contributed by atoms with Crippen molar-refractivity contribution in [3.8, 4) is 0 Å². The van der Waals surface area contributed by atoms with Gasteiger partial charge < -0.3 is 5.32 Å². The molecule has 0 saturated carbocycles. The van der Waals surface area contributed by atoms with Crippen LogP contribution in [0.15, 0.2) is 24.7 Å². The SMILES string of the molecule is CNc1cnc(C[C@H]2CCCN(Cc3ccnn3C(C)C)CC2)cn1. The second kappa shape index (κ2) is 8.43. The molecule has 0 amide bonds. The molecule has 3 rings (SSSR count). The van der Waals surface area contributed by atoms with Crippen LogP contribution in [-0.4, -0.2) is 44.8 Å². The van der Waals surface area contributed by atoms with Gasteiger partial charge in [-0.1, -0.05) is 0 Å². The van der Waals surface area contributed by atoms with E-state index in [0.717, 1.165) is 31.0 Å². The number of hydrogen-bond donors (Lipinski definition) is 1. The monoisotopic (exact) mass is 342 g/mol. The maximum Gasteiger partial charge on any atom is 0.144 e. The van der Waals surface area contributed by atoms with Crippen LogP contribution in [0.3, 0.4) is 0 Å². The van der Waals surface area contributed by atoms with Crippen LogP contribution in [0.1, 0.15) is 50.5 Å². The Morgan fingerprint density at radius 1 is 1.20 bits per heavy atom. The zero-order valence-corrected chi connectivity index (χ0v) is 15.6. The molecule has 1 N–H and O–H groups in total. The Bertz CT molecular complexity index is 648. The average Bonchev–Trinajstić information content (AvgIpc) is 2.97. The lowest BCUT2D eigenvalue weighted by atomic mass is 9.95. The van der Waals surface area contributed by atoms with Crippen LogP contribution in [-0.2, 0) is 13.0 Å². The number of likely N-dealkylation sites (tertiary alicyclic amines) is 1. The second-order valence-electron chi connectivity index (χ2n) is 7.28. The molecule has 2 aromatic rings. The van der Waals surface area contributed by atoms with Gasteiger partial charge in [0.15, 0.2) is 0 Å². The van der Waals surface area contributed by atoms with E-state index in [1.165, 1.54) is 31.5 Å². The van der Waals surface area contributed by atoms with E-state index in [4.69, 9.17) is 0 Å². The molecule has 1 fully saturated rings. The van der Waals surface area contributed by atoms with E-state index in [1.54, 1.807) is 0 Å². The van der Waals surface area contributed by atoms with Crippen LogP contribution in [0.2, 0.25) is 0 Å². The van der Waals surface area contributed by atoms with Gasteiger partial charge in [0.05, 0.1) is 23.8 Å². The molecule has 0 radical (unpaired) electrons. The largest absolute Gasteiger partial charge is 0.372 e. The molecule has 0 unspecified atom stereocenters. The van der Waals surface area contributed by atoms with E-state index in [1.807, 2.05) is 25.6 Å². The lowest BCUT2D eigenvalue weighted by molar-refractivity contribution is 0.261. The summed E-state index contributed by atoms with van der Waals surface area (Å²) in [5.74, 6) is 1.53. The van der Waals surface area contributed by atoms with Crippen molar-refractivity contribution in [3.63, 3.8) is 0 Å². The molecule has 6 nitrogen and oxygen atoms in total. The molecule has 0 aliphatic carbocycles. The van der Waals surface area contributed by atoms with Crippen LogP contribution in [0, 0.1) is 5.92 Å². The molecule has 1 saturated heterocycles. The van der Waals surface area contributed by atoms with Crippen molar-refractivity contribution in [1.82, 2.24) is 24.6 Å². The maximum absolute atomic E-state index is 4.53. The molecule has 2 aromatic heterocycles. The van der Waals surface area contributed by atoms with Gasteiger partial charge in [-0.05, 0) is 64.6 Å². The number of anilines is 1. The van der Waals surface area contributed by atoms with Gasteiger partial charge in [-0.3, -0.25) is 14.6 Å². The predicted molar refractivity (Wildman–Crippen MR) is 101 cm³/mol. The smallest absolute Gasteiger partial charge is 0.144 e. The van der Waals surface area contributed by atoms with E-state index in [-0.39, 0.29) is 0 Å². The van der Waals surface area contributed by atoms with Gasteiger partial charge in [-0.25, -0.2) is 4.98 Å². The fraction of sp³-hybridized carbons (Fsp3) is 0.632. The molecule has 1 aliphatic rings. The summed E-state index contributed by atoms with van der Waals surface area (Å²) < 4.78 is 2.14. The lowest BCUT2D eigenvalue weighted by Crippen LogP contribution is -2.26. The summed E-state index contributed by atoms with van der Waals surface area (Å²) in [5, 5.41) is 7.48. The van der Waals surface area contributed by atoms with Crippen molar-refractivity contribution in [3.05, 3.63) is 36.0 Å². The third-order valence-corrected chi connectivity index (χ3v) is 5.03. The fourth-order valence-electron chi connectivity index (χ4n) is 3.63. The van der Waals surface area contributed by atoms with Gasteiger partial charge >= 0.3 is 0 Å². The van der Waals surface area contributed by atoms with Crippen LogP contribution < -0.4 is 5.32 Å². The van der Waals surface area contributed by atoms with Crippen molar-refractivity contribution in [2.45, 2.75) is 52.1 Å². The first-order valence-electron chi connectivity index (χ1n) is 9.39. The first-order valence-corrected chi connectivity index (χ1v) is 9.39. The zero-order valence-electron chi connectivity index (χ0n) is 15.6. The minimum Gasteiger partial charge on any atom is -0.372 e. The normalized spacial score (nSPS) is 19.1. The molecule has 6 heteroatoms. The summed E-state index contributed by atoms with van der Waals surface area (Å²) in [6, 6.07) is 2.57. The lowest BCUT2D eigenvalue weighted by Gasteiger charge is -2.21. The van der Waals surface area contributed by atoms with Crippen molar-refractivity contribution < 1.29 is 0 Å². The first-order chi connectivity index (χ1) is 12.2. The summed E-state index contributed by atoms with van der Waals surface area (Å²) in [6.07, 6.45) is 10.4. The second-order valence-corrected chi connectivity index (χ2v) is 7.28. The highest BCUT2D eigenvalue weighted by molar-refractivity contribution is 5.29. The molecular formula is C19H30N6. The van der Waals surface area contributed by atoms with Gasteiger partial charge in [-0.2, -0.15) is 5.10 Å². The maximum atomic E-state index is 4.53. The van der Waals surface area contributed by atoms with Crippen LogP contribution in [0.5, 0.6) is 0 Å². The number of nitrogens with one attached hydrogen (secondary N) is 1. The molecule has 1 aliphatic heterocycles. The Morgan fingerprint density at radius 2 is 2.08 bits per heavy atom. The topological polar surface area (TPSA) is 58.9 Å². The Morgan fingerprint density at radius 3 is 2.80 bits per heavy atom. The molecule has 25 heavy (non-hydrogen) atoms. The van der Waals surface area contributed by atoms with E-state index in [2.05, 4.69) is 49.9 Å². The summed E-state index contributed by atoms with van der Waals surface area (Å²) in [6.45, 7) is 7.70. The number of hydrogen-bond acceptors (Lipinski definition) is 5. The van der Waals surface area contributed by atoms with Gasteiger partial charge in [0.2, 0.25) is 0 Å². The van der Waals surface area contributed by atoms with Gasteiger partial charge in [0.25, 0.3) is 0 Å². The van der Waals surface area contributed by atoms with Crippen LogP contribution in [0.4, 0.5) is 5.82 Å². The number of rotatable bonds is 6. The van der Waals surface area contributed by atoms with Crippen molar-refractivity contribution in [2.24, 2.45) is 5.92 Å². The van der Waals surface area contributed by atoms with Gasteiger partial charge in [-0.15, -0.1) is 0 Å². The van der Waals surface area contributed by atoms with Crippen molar-refractivity contribution in [2.75, 3.05) is 25.5 Å². The van der Waals surface area contributed by atoms with Crippen molar-refractivity contribution in [1.29, 1.82) is 0 Å². The summed E-state index contributed by atoms with van der Waals surface area (Å²) in [4.78, 5) is 11.5. The van der Waals surface area contributed by atoms with E-state index in [0.29, 0.717) is 12.0 Å². The van der Waals surface area contributed by atoms with E-state index >= 15 is 0 Å². The first kappa shape index (κ1) is 17.9. The Balaban J connectivity index is 1.54. The zero-order chi connectivity index (χ0) is 17.6. The molecule has 3 heterocycles. The summed E-state index contributed by atoms with van der Waals surface area (Å²) in [5.41, 5.74) is 2.43. The molecule has 136 valence electrons. The number of aromatic nitrogens is 4.